The first-order valence-electron chi connectivity index (χ1n) is 6.30. The summed E-state index contributed by atoms with van der Waals surface area (Å²) in [6, 6.07) is 3.54. The second-order valence-corrected chi connectivity index (χ2v) is 4.75. The summed E-state index contributed by atoms with van der Waals surface area (Å²) in [5.41, 5.74) is 0. The van der Waals surface area contributed by atoms with E-state index in [0.717, 1.165) is 19.4 Å². The average molecular weight is 251 g/mol. The molecule has 0 spiro atoms. The zero-order valence-corrected chi connectivity index (χ0v) is 10.4. The lowest BCUT2D eigenvalue weighted by Gasteiger charge is -2.31. The normalized spacial score (nSPS) is 31.4. The summed E-state index contributed by atoms with van der Waals surface area (Å²) in [5.74, 6) is 0.316. The molecule has 1 amide bonds. The lowest BCUT2D eigenvalue weighted by molar-refractivity contribution is -0.0640. The average Bonchev–Trinajstić information content (AvgIpc) is 3.05. The van der Waals surface area contributed by atoms with E-state index < -0.39 is 0 Å². The Morgan fingerprint density at radius 2 is 2.44 bits per heavy atom. The van der Waals surface area contributed by atoms with Crippen LogP contribution in [-0.2, 0) is 9.47 Å². The minimum absolute atomic E-state index is 0.00247. The molecule has 98 valence electrons. The number of hydrogen-bond acceptors (Lipinski definition) is 4. The van der Waals surface area contributed by atoms with Crippen LogP contribution in [0, 0.1) is 0 Å². The van der Waals surface area contributed by atoms with E-state index in [1.165, 1.54) is 6.26 Å². The molecule has 18 heavy (non-hydrogen) atoms. The predicted octanol–water partition coefficient (Wildman–Crippen LogP) is 1.30. The molecular weight excluding hydrogens is 234 g/mol. The van der Waals surface area contributed by atoms with Gasteiger partial charge in [-0.3, -0.25) is 4.79 Å². The van der Waals surface area contributed by atoms with Crippen LogP contribution in [0.3, 0.4) is 0 Å². The first-order chi connectivity index (χ1) is 8.81. The number of likely N-dealkylation sites (tertiary alicyclic amines) is 1. The quantitative estimate of drug-likeness (QED) is 0.795. The largest absolute Gasteiger partial charge is 0.459 e. The molecule has 3 rings (SSSR count). The molecule has 5 nitrogen and oxygen atoms in total. The van der Waals surface area contributed by atoms with E-state index in [1.54, 1.807) is 19.2 Å². The van der Waals surface area contributed by atoms with Crippen LogP contribution in [0.2, 0.25) is 0 Å². The Balaban J connectivity index is 1.82. The van der Waals surface area contributed by atoms with Crippen molar-refractivity contribution in [3.05, 3.63) is 24.2 Å². The van der Waals surface area contributed by atoms with Gasteiger partial charge in [-0.15, -0.1) is 0 Å². The minimum Gasteiger partial charge on any atom is -0.459 e. The number of ether oxygens (including phenoxy) is 2. The Morgan fingerprint density at radius 3 is 3.17 bits per heavy atom. The third-order valence-corrected chi connectivity index (χ3v) is 3.77. The van der Waals surface area contributed by atoms with Crippen LogP contribution in [0.25, 0.3) is 0 Å². The van der Waals surface area contributed by atoms with Gasteiger partial charge < -0.3 is 18.8 Å². The molecule has 2 aliphatic rings. The Labute approximate surface area is 106 Å². The van der Waals surface area contributed by atoms with Gasteiger partial charge in [-0.05, 0) is 25.0 Å². The van der Waals surface area contributed by atoms with E-state index in [1.807, 2.05) is 4.90 Å². The zero-order valence-electron chi connectivity index (χ0n) is 10.4. The third-order valence-electron chi connectivity index (χ3n) is 3.77. The van der Waals surface area contributed by atoms with Gasteiger partial charge in [0.2, 0.25) is 0 Å². The van der Waals surface area contributed by atoms with Crippen LogP contribution in [0.4, 0.5) is 0 Å². The van der Waals surface area contributed by atoms with Gasteiger partial charge in [-0.25, -0.2) is 0 Å². The molecule has 2 fully saturated rings. The molecule has 1 aromatic heterocycles. The Morgan fingerprint density at radius 1 is 1.56 bits per heavy atom. The van der Waals surface area contributed by atoms with Gasteiger partial charge in [0.25, 0.3) is 5.91 Å². The number of hydrogen-bond donors (Lipinski definition) is 0. The highest BCUT2D eigenvalue weighted by Gasteiger charge is 2.46. The van der Waals surface area contributed by atoms with Gasteiger partial charge in [0, 0.05) is 13.7 Å². The van der Waals surface area contributed by atoms with Crippen molar-refractivity contribution in [1.29, 1.82) is 0 Å². The van der Waals surface area contributed by atoms with Gasteiger partial charge in [-0.2, -0.15) is 0 Å². The van der Waals surface area contributed by atoms with E-state index >= 15 is 0 Å². The number of amides is 1. The molecule has 0 aliphatic carbocycles. The van der Waals surface area contributed by atoms with E-state index in [4.69, 9.17) is 13.9 Å². The van der Waals surface area contributed by atoms with Gasteiger partial charge in [0.05, 0.1) is 18.8 Å². The molecule has 2 aliphatic heterocycles. The molecule has 0 bridgehead atoms. The topological polar surface area (TPSA) is 51.9 Å². The summed E-state index contributed by atoms with van der Waals surface area (Å²) in [6.45, 7) is 1.33. The maximum Gasteiger partial charge on any atom is 0.289 e. The lowest BCUT2D eigenvalue weighted by Crippen LogP contribution is -2.43. The van der Waals surface area contributed by atoms with Crippen molar-refractivity contribution in [2.75, 3.05) is 20.3 Å². The maximum atomic E-state index is 12.3. The van der Waals surface area contributed by atoms with Crippen LogP contribution < -0.4 is 0 Å². The molecule has 1 aromatic rings. The second-order valence-electron chi connectivity index (χ2n) is 4.75. The van der Waals surface area contributed by atoms with E-state index in [9.17, 15) is 4.79 Å². The van der Waals surface area contributed by atoms with Crippen molar-refractivity contribution in [2.45, 2.75) is 31.1 Å². The Hall–Kier alpha value is -1.33. The van der Waals surface area contributed by atoms with Crippen molar-refractivity contribution >= 4 is 5.91 Å². The number of furan rings is 1. The summed E-state index contributed by atoms with van der Waals surface area (Å²) >= 11 is 0. The maximum absolute atomic E-state index is 12.3. The van der Waals surface area contributed by atoms with Crippen molar-refractivity contribution in [3.8, 4) is 0 Å². The first kappa shape index (κ1) is 11.7. The summed E-state index contributed by atoms with van der Waals surface area (Å²) in [5, 5.41) is 0. The number of nitrogens with zero attached hydrogens (tertiary/aromatic N) is 1. The fourth-order valence-corrected chi connectivity index (χ4v) is 2.89. The van der Waals surface area contributed by atoms with Crippen molar-refractivity contribution in [3.63, 3.8) is 0 Å². The van der Waals surface area contributed by atoms with Crippen molar-refractivity contribution < 1.29 is 18.7 Å². The molecule has 3 heterocycles. The summed E-state index contributed by atoms with van der Waals surface area (Å²) in [7, 11) is 1.67. The second kappa shape index (κ2) is 4.74. The number of methoxy groups -OCH3 is 1. The van der Waals surface area contributed by atoms with Crippen LogP contribution in [0.5, 0.6) is 0 Å². The lowest BCUT2D eigenvalue weighted by atomic mass is 10.0. The van der Waals surface area contributed by atoms with E-state index in [-0.39, 0.29) is 24.2 Å². The molecule has 0 unspecified atom stereocenters. The smallest absolute Gasteiger partial charge is 0.289 e. The Bertz CT molecular complexity index is 417. The summed E-state index contributed by atoms with van der Waals surface area (Å²) in [4.78, 5) is 14.2. The van der Waals surface area contributed by atoms with E-state index in [0.29, 0.717) is 12.3 Å². The Kier molecular flexibility index (Phi) is 3.09. The highest BCUT2D eigenvalue weighted by Crippen LogP contribution is 2.31. The number of carbonyl (C=O) groups is 1. The molecule has 3 atom stereocenters. The van der Waals surface area contributed by atoms with Gasteiger partial charge in [0.15, 0.2) is 5.76 Å². The van der Waals surface area contributed by atoms with Gasteiger partial charge >= 0.3 is 0 Å². The molecule has 0 radical (unpaired) electrons. The zero-order chi connectivity index (χ0) is 12.5. The van der Waals surface area contributed by atoms with Crippen LogP contribution in [0.1, 0.15) is 23.4 Å². The molecular formula is C13H17NO4. The van der Waals surface area contributed by atoms with E-state index in [2.05, 4.69) is 0 Å². The van der Waals surface area contributed by atoms with Crippen LogP contribution >= 0.6 is 0 Å². The summed E-state index contributed by atoms with van der Waals surface area (Å²) in [6.07, 6.45) is 3.44. The molecule has 0 saturated carbocycles. The third kappa shape index (κ3) is 1.83. The van der Waals surface area contributed by atoms with Crippen molar-refractivity contribution in [1.82, 2.24) is 4.90 Å². The highest BCUT2D eigenvalue weighted by atomic mass is 16.5. The molecule has 0 aromatic carbocycles. The minimum atomic E-state index is -0.0694. The number of fused-ring (bicyclic) bond motifs is 1. The summed E-state index contributed by atoms with van der Waals surface area (Å²) < 4.78 is 16.4. The molecule has 0 N–H and O–H groups in total. The standard InChI is InChI=1S/C13H17NO4/c1-16-11-8-14(9-4-2-7-18-12(9)11)13(15)10-5-3-6-17-10/h3,5-6,9,11-12H,2,4,7-8H2,1H3/t9-,11+,12+/m1/s1. The first-order valence-corrected chi connectivity index (χ1v) is 6.30. The molecule has 2 saturated heterocycles. The predicted molar refractivity (Wildman–Crippen MR) is 63.3 cm³/mol. The fraction of sp³-hybridized carbons (Fsp3) is 0.615. The van der Waals surface area contributed by atoms with Gasteiger partial charge in [-0.1, -0.05) is 0 Å². The fourth-order valence-electron chi connectivity index (χ4n) is 2.89. The van der Waals surface area contributed by atoms with Crippen molar-refractivity contribution in [2.24, 2.45) is 0 Å². The monoisotopic (exact) mass is 251 g/mol. The van der Waals surface area contributed by atoms with Crippen LogP contribution in [0.15, 0.2) is 22.8 Å². The highest BCUT2D eigenvalue weighted by molar-refractivity contribution is 5.92. The molecule has 5 heteroatoms. The van der Waals surface area contributed by atoms with Crippen LogP contribution in [-0.4, -0.2) is 49.3 Å². The number of rotatable bonds is 2. The SMILES string of the molecule is CO[C@H]1CN(C(=O)c2ccco2)[C@@H]2CCCO[C@H]12. The van der Waals surface area contributed by atoms with Gasteiger partial charge in [0.1, 0.15) is 12.2 Å². The number of carbonyl (C=O) groups excluding carboxylic acids is 1.